The van der Waals surface area contributed by atoms with Gasteiger partial charge in [0.25, 0.3) is 0 Å². The molecule has 0 radical (unpaired) electrons. The van der Waals surface area contributed by atoms with Gasteiger partial charge in [0.15, 0.2) is 0 Å². The molecular weight excluding hydrogens is 332 g/mol. The van der Waals surface area contributed by atoms with Crippen molar-refractivity contribution in [2.24, 2.45) is 11.3 Å². The van der Waals surface area contributed by atoms with Crippen LogP contribution in [0.1, 0.15) is 13.8 Å². The number of carboxylic acid groups (broad SMARTS) is 1. The highest BCUT2D eigenvalue weighted by Crippen LogP contribution is 2.56. The van der Waals surface area contributed by atoms with Crippen LogP contribution in [-0.2, 0) is 14.4 Å². The molecule has 0 bridgehead atoms. The number of amides is 2. The molecule has 3 fully saturated rings. The third kappa shape index (κ3) is 2.17. The van der Waals surface area contributed by atoms with Crippen LogP contribution >= 0.6 is 35.7 Å². The quantitative estimate of drug-likeness (QED) is 0.553. The van der Waals surface area contributed by atoms with E-state index in [0.717, 1.165) is 4.90 Å². The van der Waals surface area contributed by atoms with Crippen LogP contribution in [0.25, 0.3) is 0 Å². The normalized spacial score (nSPS) is 37.2. The summed E-state index contributed by atoms with van der Waals surface area (Å²) in [4.78, 5) is 36.7. The predicted molar refractivity (Wildman–Crippen MR) is 83.9 cm³/mol. The number of imide groups is 1. The molecule has 0 spiro atoms. The van der Waals surface area contributed by atoms with E-state index in [9.17, 15) is 14.4 Å². The van der Waals surface area contributed by atoms with Crippen LogP contribution in [0, 0.1) is 11.3 Å². The molecule has 0 aromatic heterocycles. The van der Waals surface area contributed by atoms with Crippen molar-refractivity contribution in [1.29, 1.82) is 0 Å². The van der Waals surface area contributed by atoms with Crippen LogP contribution < -0.4 is 5.32 Å². The molecule has 0 aliphatic carbocycles. The number of hydrogen-bond donors (Lipinski definition) is 2. The number of nitrogens with zero attached hydrogens (tertiary/aromatic N) is 1. The van der Waals surface area contributed by atoms with Gasteiger partial charge in [-0.25, -0.2) is 0 Å². The van der Waals surface area contributed by atoms with Crippen molar-refractivity contribution in [3.8, 4) is 0 Å². The number of fused-ring (bicyclic) bond motifs is 2. The Labute approximate surface area is 135 Å². The molecule has 3 saturated heterocycles. The highest BCUT2D eigenvalue weighted by Gasteiger charge is 2.63. The number of aliphatic carboxylic acids is 1. The fourth-order valence-electron chi connectivity index (χ4n) is 3.22. The van der Waals surface area contributed by atoms with Gasteiger partial charge in [0, 0.05) is 5.25 Å². The topological polar surface area (TPSA) is 86.7 Å². The molecule has 4 atom stereocenters. The van der Waals surface area contributed by atoms with Gasteiger partial charge >= 0.3 is 5.97 Å². The zero-order chi connectivity index (χ0) is 15.5. The Kier molecular flexibility index (Phi) is 3.49. The maximum absolute atomic E-state index is 12.5. The predicted octanol–water partition coefficient (Wildman–Crippen LogP) is 0.514. The molecule has 0 unspecified atom stereocenters. The summed E-state index contributed by atoms with van der Waals surface area (Å²) >= 11 is 8.11. The van der Waals surface area contributed by atoms with Crippen LogP contribution in [0.3, 0.4) is 0 Å². The Morgan fingerprint density at radius 2 is 2.10 bits per heavy atom. The van der Waals surface area contributed by atoms with Gasteiger partial charge < -0.3 is 10.4 Å². The summed E-state index contributed by atoms with van der Waals surface area (Å²) in [5, 5.41) is 11.6. The Hall–Kier alpha value is -0.800. The first kappa shape index (κ1) is 15.1. The number of thioether (sulfide) groups is 2. The monoisotopic (exact) mass is 346 g/mol. The van der Waals surface area contributed by atoms with Gasteiger partial charge in [-0.1, -0.05) is 37.8 Å². The van der Waals surface area contributed by atoms with Crippen LogP contribution in [0.15, 0.2) is 0 Å². The van der Waals surface area contributed by atoms with Crippen LogP contribution in [0.5, 0.6) is 0 Å². The summed E-state index contributed by atoms with van der Waals surface area (Å²) in [6.07, 6.45) is 0. The molecule has 0 aromatic rings. The Morgan fingerprint density at radius 1 is 1.43 bits per heavy atom. The number of carbonyl (C=O) groups excluding carboxylic acids is 2. The van der Waals surface area contributed by atoms with E-state index in [2.05, 4.69) is 5.32 Å². The van der Waals surface area contributed by atoms with Gasteiger partial charge in [-0.15, -0.1) is 11.8 Å². The third-order valence-electron chi connectivity index (χ3n) is 4.23. The van der Waals surface area contributed by atoms with Crippen LogP contribution in [0.4, 0.5) is 0 Å². The van der Waals surface area contributed by atoms with Gasteiger partial charge in [0.1, 0.15) is 10.9 Å². The van der Waals surface area contributed by atoms with Crippen LogP contribution in [0.2, 0.25) is 0 Å². The summed E-state index contributed by atoms with van der Waals surface area (Å²) in [5.74, 6) is -2.44. The lowest BCUT2D eigenvalue weighted by Gasteiger charge is -2.44. The molecule has 3 aliphatic heterocycles. The number of likely N-dealkylation sites (tertiary alicyclic amines) is 1. The fourth-order valence-corrected chi connectivity index (χ4v) is 7.10. The minimum atomic E-state index is -1.17. The Bertz CT molecular complexity index is 565. The van der Waals surface area contributed by atoms with Gasteiger partial charge in [0.2, 0.25) is 11.8 Å². The summed E-state index contributed by atoms with van der Waals surface area (Å²) in [7, 11) is 0. The van der Waals surface area contributed by atoms with Gasteiger partial charge in [0.05, 0.1) is 16.5 Å². The molecule has 114 valence electrons. The maximum Gasteiger partial charge on any atom is 0.323 e. The van der Waals surface area contributed by atoms with E-state index in [4.69, 9.17) is 17.3 Å². The van der Waals surface area contributed by atoms with E-state index in [1.54, 1.807) is 0 Å². The number of thiocarbonyl (C=S) groups is 1. The number of carboxylic acids is 1. The molecule has 2 N–H and O–H groups in total. The van der Waals surface area contributed by atoms with Crippen LogP contribution in [-0.4, -0.2) is 54.5 Å². The molecular formula is C12H14N2O4S3. The largest absolute Gasteiger partial charge is 0.480 e. The molecule has 3 rings (SSSR count). The second kappa shape index (κ2) is 4.85. The standard InChI is InChI=1S/C12H14N2O4S3/c1-12(2)5-6(20-8-7(12)21-11(19)13-8)10(18)14(9(5)17)3-4(15)16/h5-8H,3H2,1-2H3,(H,13,19)(H,15,16)/t5-,6-,7+,8+/m0/s1. The van der Waals surface area contributed by atoms with Gasteiger partial charge in [-0.05, 0) is 5.41 Å². The van der Waals surface area contributed by atoms with E-state index >= 15 is 0 Å². The zero-order valence-electron chi connectivity index (χ0n) is 11.4. The van der Waals surface area contributed by atoms with E-state index in [-0.39, 0.29) is 16.5 Å². The molecule has 21 heavy (non-hydrogen) atoms. The van der Waals surface area contributed by atoms with E-state index in [1.165, 1.54) is 23.5 Å². The lowest BCUT2D eigenvalue weighted by molar-refractivity contribution is -0.149. The van der Waals surface area contributed by atoms with E-state index in [1.807, 2.05) is 13.8 Å². The summed E-state index contributed by atoms with van der Waals surface area (Å²) in [5.41, 5.74) is -0.432. The Morgan fingerprint density at radius 3 is 2.71 bits per heavy atom. The summed E-state index contributed by atoms with van der Waals surface area (Å²) in [6.45, 7) is 3.36. The van der Waals surface area contributed by atoms with E-state index in [0.29, 0.717) is 4.32 Å². The second-order valence-electron chi connectivity index (χ2n) is 5.90. The van der Waals surface area contributed by atoms with Gasteiger partial charge in [-0.3, -0.25) is 19.3 Å². The molecule has 3 heterocycles. The number of carbonyl (C=O) groups is 3. The summed E-state index contributed by atoms with van der Waals surface area (Å²) < 4.78 is 0.688. The van der Waals surface area contributed by atoms with Crippen molar-refractivity contribution in [2.45, 2.75) is 29.7 Å². The number of hydrogen-bond acceptors (Lipinski definition) is 6. The minimum Gasteiger partial charge on any atom is -0.480 e. The maximum atomic E-state index is 12.5. The van der Waals surface area contributed by atoms with Crippen molar-refractivity contribution in [2.75, 3.05) is 6.54 Å². The minimum absolute atomic E-state index is 0.0136. The second-order valence-corrected chi connectivity index (χ2v) is 9.01. The van der Waals surface area contributed by atoms with Crippen molar-refractivity contribution >= 4 is 57.8 Å². The molecule has 3 aliphatic rings. The smallest absolute Gasteiger partial charge is 0.323 e. The number of rotatable bonds is 2. The van der Waals surface area contributed by atoms with Crippen molar-refractivity contribution in [3.05, 3.63) is 0 Å². The first-order valence-electron chi connectivity index (χ1n) is 6.43. The first-order chi connectivity index (χ1) is 9.73. The van der Waals surface area contributed by atoms with Crippen molar-refractivity contribution < 1.29 is 19.5 Å². The number of nitrogens with one attached hydrogen (secondary N) is 1. The Balaban J connectivity index is 1.95. The van der Waals surface area contributed by atoms with E-state index < -0.39 is 35.0 Å². The highest BCUT2D eigenvalue weighted by atomic mass is 32.2. The van der Waals surface area contributed by atoms with Crippen molar-refractivity contribution in [1.82, 2.24) is 10.2 Å². The van der Waals surface area contributed by atoms with Crippen molar-refractivity contribution in [3.63, 3.8) is 0 Å². The molecule has 2 amide bonds. The third-order valence-corrected chi connectivity index (χ3v) is 7.73. The molecule has 0 saturated carbocycles. The highest BCUT2D eigenvalue weighted by molar-refractivity contribution is 8.24. The summed E-state index contributed by atoms with van der Waals surface area (Å²) in [6, 6.07) is 0. The first-order valence-corrected chi connectivity index (χ1v) is 8.66. The molecule has 0 aromatic carbocycles. The zero-order valence-corrected chi connectivity index (χ0v) is 13.8. The molecule has 6 nitrogen and oxygen atoms in total. The lowest BCUT2D eigenvalue weighted by atomic mass is 9.74. The SMILES string of the molecule is CC1(C)[C@@H]2SC(=S)N[C@@H]2S[C@@H]2C(=O)N(CC(=O)O)C(=O)[C@H]21. The molecule has 9 heteroatoms. The van der Waals surface area contributed by atoms with Gasteiger partial charge in [-0.2, -0.15) is 0 Å². The lowest BCUT2D eigenvalue weighted by Crippen LogP contribution is -2.52. The average molecular weight is 346 g/mol. The average Bonchev–Trinajstić information content (AvgIpc) is 2.84. The fraction of sp³-hybridized carbons (Fsp3) is 0.667.